The van der Waals surface area contributed by atoms with Crippen LogP contribution in [0.3, 0.4) is 0 Å². The highest BCUT2D eigenvalue weighted by Gasteiger charge is 2.35. The number of nitrogens with one attached hydrogen (secondary N) is 1. The van der Waals surface area contributed by atoms with Crippen LogP contribution in [0.2, 0.25) is 5.02 Å². The summed E-state index contributed by atoms with van der Waals surface area (Å²) in [7, 11) is 0. The van der Waals surface area contributed by atoms with Crippen LogP contribution in [0.25, 0.3) is 23.0 Å². The van der Waals surface area contributed by atoms with E-state index in [4.69, 9.17) is 20.5 Å². The van der Waals surface area contributed by atoms with Crippen molar-refractivity contribution in [3.63, 3.8) is 0 Å². The maximum absolute atomic E-state index is 12.6. The number of aryl methyl sites for hydroxylation is 1. The Bertz CT molecular complexity index is 1180. The summed E-state index contributed by atoms with van der Waals surface area (Å²) in [6.07, 6.45) is 1.88. The van der Waals surface area contributed by atoms with Gasteiger partial charge in [0.25, 0.3) is 5.89 Å². The minimum absolute atomic E-state index is 0.0197. The van der Waals surface area contributed by atoms with Crippen LogP contribution >= 0.6 is 11.6 Å². The predicted octanol–water partition coefficient (Wildman–Crippen LogP) is 4.20. The molecule has 9 heteroatoms. The van der Waals surface area contributed by atoms with Gasteiger partial charge in [-0.25, -0.2) is 0 Å². The third kappa shape index (κ3) is 3.21. The van der Waals surface area contributed by atoms with E-state index >= 15 is 0 Å². The number of hydrogen-bond donors (Lipinski definition) is 1. The average Bonchev–Trinajstić information content (AvgIpc) is 3.47. The Kier molecular flexibility index (Phi) is 4.21. The van der Waals surface area contributed by atoms with Crippen molar-refractivity contribution < 1.29 is 13.7 Å². The van der Waals surface area contributed by atoms with Gasteiger partial charge in [-0.05, 0) is 36.8 Å². The molecule has 8 nitrogen and oxygen atoms in total. The number of carbonyl (C=O) groups excluding carboxylic acids is 1. The van der Waals surface area contributed by atoms with E-state index in [-0.39, 0.29) is 11.8 Å². The molecule has 0 radical (unpaired) electrons. The van der Waals surface area contributed by atoms with Gasteiger partial charge in [-0.1, -0.05) is 22.8 Å². The van der Waals surface area contributed by atoms with Crippen molar-refractivity contribution >= 4 is 23.2 Å². The fourth-order valence-electron chi connectivity index (χ4n) is 3.44. The standard InChI is InChI=1S/C20H16ClN5O3/c1-11-4-5-16(13(21)7-11)26-10-12(8-18(26)27)19-22-20(29-25-19)15-9-14(23-24-15)17-3-2-6-28-17/h2-7,9,12H,8,10H2,1H3,(H,23,24). The Balaban J connectivity index is 1.36. The lowest BCUT2D eigenvalue weighted by Crippen LogP contribution is -2.24. The van der Waals surface area contributed by atoms with E-state index in [1.54, 1.807) is 23.3 Å². The molecule has 3 aromatic heterocycles. The van der Waals surface area contributed by atoms with Crippen LogP contribution in [-0.2, 0) is 4.79 Å². The van der Waals surface area contributed by atoms with Crippen molar-refractivity contribution in [1.82, 2.24) is 20.3 Å². The number of furan rings is 1. The van der Waals surface area contributed by atoms with Crippen molar-refractivity contribution in [2.45, 2.75) is 19.3 Å². The first kappa shape index (κ1) is 17.7. The number of halogens is 1. The largest absolute Gasteiger partial charge is 0.463 e. The Morgan fingerprint density at radius 1 is 1.28 bits per heavy atom. The number of carbonyl (C=O) groups is 1. The summed E-state index contributed by atoms with van der Waals surface area (Å²) in [6, 6.07) is 11.0. The predicted molar refractivity (Wildman–Crippen MR) is 105 cm³/mol. The topological polar surface area (TPSA) is 101 Å². The molecule has 1 N–H and O–H groups in total. The summed E-state index contributed by atoms with van der Waals surface area (Å²) < 4.78 is 10.7. The van der Waals surface area contributed by atoms with E-state index in [1.807, 2.05) is 31.2 Å². The molecule has 0 aliphatic carbocycles. The fourth-order valence-corrected chi connectivity index (χ4v) is 3.77. The molecule has 1 aliphatic heterocycles. The minimum atomic E-state index is -0.176. The molecule has 0 saturated carbocycles. The van der Waals surface area contributed by atoms with Gasteiger partial charge in [0.1, 0.15) is 11.4 Å². The van der Waals surface area contributed by atoms with Crippen molar-refractivity contribution in [2.24, 2.45) is 0 Å². The normalized spacial score (nSPS) is 16.7. The number of rotatable bonds is 4. The SMILES string of the molecule is Cc1ccc(N2CC(c3noc(-c4cc(-c5ccco5)n[nH]4)n3)CC2=O)c(Cl)c1. The highest BCUT2D eigenvalue weighted by molar-refractivity contribution is 6.34. The zero-order chi connectivity index (χ0) is 20.0. The lowest BCUT2D eigenvalue weighted by atomic mass is 10.1. The van der Waals surface area contributed by atoms with Gasteiger partial charge >= 0.3 is 0 Å². The number of aromatic nitrogens is 4. The maximum Gasteiger partial charge on any atom is 0.275 e. The van der Waals surface area contributed by atoms with Crippen LogP contribution in [0, 0.1) is 6.92 Å². The van der Waals surface area contributed by atoms with Gasteiger partial charge in [0, 0.05) is 24.9 Å². The number of benzene rings is 1. The highest BCUT2D eigenvalue weighted by atomic mass is 35.5. The lowest BCUT2D eigenvalue weighted by Gasteiger charge is -2.18. The first-order valence-electron chi connectivity index (χ1n) is 9.08. The second-order valence-electron chi connectivity index (χ2n) is 6.96. The molecule has 0 bridgehead atoms. The summed E-state index contributed by atoms with van der Waals surface area (Å²) >= 11 is 6.33. The zero-order valence-electron chi connectivity index (χ0n) is 15.4. The van der Waals surface area contributed by atoms with Gasteiger partial charge < -0.3 is 13.8 Å². The van der Waals surface area contributed by atoms with Crippen molar-refractivity contribution in [3.8, 4) is 23.0 Å². The highest BCUT2D eigenvalue weighted by Crippen LogP contribution is 2.35. The zero-order valence-corrected chi connectivity index (χ0v) is 16.2. The summed E-state index contributed by atoms with van der Waals surface area (Å²) in [5.41, 5.74) is 2.96. The lowest BCUT2D eigenvalue weighted by molar-refractivity contribution is -0.117. The fraction of sp³-hybridized carbons (Fsp3) is 0.200. The van der Waals surface area contributed by atoms with Crippen LogP contribution in [0.5, 0.6) is 0 Å². The first-order chi connectivity index (χ1) is 14.1. The molecule has 0 spiro atoms. The molecular weight excluding hydrogens is 394 g/mol. The smallest absolute Gasteiger partial charge is 0.275 e. The number of nitrogens with zero attached hydrogens (tertiary/aromatic N) is 4. The third-order valence-electron chi connectivity index (χ3n) is 4.91. The molecule has 1 unspecified atom stereocenters. The van der Waals surface area contributed by atoms with Gasteiger partial charge in [-0.15, -0.1) is 0 Å². The molecule has 4 aromatic rings. The number of amides is 1. The van der Waals surface area contributed by atoms with E-state index in [9.17, 15) is 4.79 Å². The molecule has 1 atom stereocenters. The monoisotopic (exact) mass is 409 g/mol. The van der Waals surface area contributed by atoms with Crippen LogP contribution < -0.4 is 4.90 Å². The van der Waals surface area contributed by atoms with Crippen LogP contribution in [0.4, 0.5) is 5.69 Å². The van der Waals surface area contributed by atoms with Gasteiger partial charge in [0.05, 0.1) is 17.0 Å². The molecule has 1 aliphatic rings. The molecular formula is C20H16ClN5O3. The third-order valence-corrected chi connectivity index (χ3v) is 5.21. The number of hydrogen-bond acceptors (Lipinski definition) is 6. The second kappa shape index (κ2) is 6.89. The number of anilines is 1. The average molecular weight is 410 g/mol. The Labute approximate surface area is 170 Å². The van der Waals surface area contributed by atoms with E-state index in [2.05, 4.69) is 20.3 Å². The molecule has 4 heterocycles. The van der Waals surface area contributed by atoms with E-state index < -0.39 is 0 Å². The molecule has 1 fully saturated rings. The molecule has 29 heavy (non-hydrogen) atoms. The molecule has 1 aromatic carbocycles. The summed E-state index contributed by atoms with van der Waals surface area (Å²) in [5.74, 6) is 1.23. The summed E-state index contributed by atoms with van der Waals surface area (Å²) in [4.78, 5) is 18.7. The van der Waals surface area contributed by atoms with Gasteiger partial charge in [-0.3, -0.25) is 9.89 Å². The van der Waals surface area contributed by atoms with E-state index in [0.29, 0.717) is 52.5 Å². The number of aromatic amines is 1. The Morgan fingerprint density at radius 2 is 2.17 bits per heavy atom. The Hall–Kier alpha value is -3.39. The molecule has 1 saturated heterocycles. The minimum Gasteiger partial charge on any atom is -0.463 e. The van der Waals surface area contributed by atoms with Crippen LogP contribution in [-0.4, -0.2) is 32.8 Å². The summed E-state index contributed by atoms with van der Waals surface area (Å²) in [5, 5.41) is 11.7. The maximum atomic E-state index is 12.6. The summed E-state index contributed by atoms with van der Waals surface area (Å²) in [6.45, 7) is 2.40. The molecule has 146 valence electrons. The first-order valence-corrected chi connectivity index (χ1v) is 9.46. The second-order valence-corrected chi connectivity index (χ2v) is 7.37. The molecule has 1 amide bonds. The quantitative estimate of drug-likeness (QED) is 0.542. The molecule has 5 rings (SSSR count). The van der Waals surface area contributed by atoms with E-state index in [1.165, 1.54) is 0 Å². The number of H-pyrrole nitrogens is 1. The van der Waals surface area contributed by atoms with Gasteiger partial charge in [0.2, 0.25) is 5.91 Å². The van der Waals surface area contributed by atoms with Gasteiger partial charge in [-0.2, -0.15) is 10.1 Å². The van der Waals surface area contributed by atoms with Gasteiger partial charge in [0.15, 0.2) is 11.6 Å². The Morgan fingerprint density at radius 3 is 2.97 bits per heavy atom. The van der Waals surface area contributed by atoms with Crippen molar-refractivity contribution in [2.75, 3.05) is 11.4 Å². The van der Waals surface area contributed by atoms with Crippen molar-refractivity contribution in [1.29, 1.82) is 0 Å². The van der Waals surface area contributed by atoms with Crippen molar-refractivity contribution in [3.05, 3.63) is 59.1 Å². The van der Waals surface area contributed by atoms with Crippen LogP contribution in [0.1, 0.15) is 23.7 Å². The van der Waals surface area contributed by atoms with E-state index in [0.717, 1.165) is 5.56 Å². The van der Waals surface area contributed by atoms with Crippen LogP contribution in [0.15, 0.2) is 51.6 Å².